The van der Waals surface area contributed by atoms with Crippen LogP contribution in [0.4, 0.5) is 0 Å². The van der Waals surface area contributed by atoms with E-state index >= 15 is 0 Å². The van der Waals surface area contributed by atoms with E-state index in [4.69, 9.17) is 0 Å². The second-order valence-corrected chi connectivity index (χ2v) is 2.61. The van der Waals surface area contributed by atoms with Gasteiger partial charge in [0.1, 0.15) is 0 Å². The molecule has 0 aliphatic rings. The summed E-state index contributed by atoms with van der Waals surface area (Å²) in [6.07, 6.45) is 8.41. The van der Waals surface area contributed by atoms with Crippen molar-refractivity contribution in [3.8, 4) is 0 Å². The average Bonchev–Trinajstić information content (AvgIpc) is 1.99. The molecule has 1 radical (unpaired) electrons. The Balaban J connectivity index is 3.27. The van der Waals surface area contributed by atoms with E-state index in [-0.39, 0.29) is 0 Å². The molecule has 0 atom stereocenters. The van der Waals surface area contributed by atoms with Gasteiger partial charge in [-0.1, -0.05) is 38.3 Å². The van der Waals surface area contributed by atoms with Crippen LogP contribution in [0, 0.1) is 6.92 Å². The lowest BCUT2D eigenvalue weighted by molar-refractivity contribution is 0.725. The fourth-order valence-corrected chi connectivity index (χ4v) is 1.05. The zero-order valence-corrected chi connectivity index (χ0v) is 7.32. The van der Waals surface area contributed by atoms with Crippen LogP contribution in [0.5, 0.6) is 0 Å². The van der Waals surface area contributed by atoms with Gasteiger partial charge in [-0.3, -0.25) is 0 Å². The third-order valence-electron chi connectivity index (χ3n) is 1.86. The predicted octanol–water partition coefficient (Wildman–Crippen LogP) is 3.74. The Bertz CT molecular complexity index is 90.2. The van der Waals surface area contributed by atoms with E-state index in [0.29, 0.717) is 0 Å². The van der Waals surface area contributed by atoms with Gasteiger partial charge in [0, 0.05) is 0 Å². The Hall–Kier alpha value is -0.260. The highest BCUT2D eigenvalue weighted by Gasteiger charge is 1.91. The third kappa shape index (κ3) is 4.60. The van der Waals surface area contributed by atoms with Crippen molar-refractivity contribution in [2.45, 2.75) is 46.0 Å². The summed E-state index contributed by atoms with van der Waals surface area (Å²) in [7, 11) is 0. The summed E-state index contributed by atoms with van der Waals surface area (Å²) in [6.45, 7) is 8.16. The molecule has 0 bridgehead atoms. The maximum Gasteiger partial charge on any atom is -0.0321 e. The highest BCUT2D eigenvalue weighted by Crippen LogP contribution is 2.11. The molecule has 0 heteroatoms. The summed E-state index contributed by atoms with van der Waals surface area (Å²) < 4.78 is 0. The predicted molar refractivity (Wildman–Crippen MR) is 47.9 cm³/mol. The highest BCUT2D eigenvalue weighted by atomic mass is 14.0. The summed E-state index contributed by atoms with van der Waals surface area (Å²) in [4.78, 5) is 0. The van der Waals surface area contributed by atoms with E-state index in [2.05, 4.69) is 26.8 Å². The molecule has 0 aromatic rings. The zero-order chi connectivity index (χ0) is 7.82. The van der Waals surface area contributed by atoms with Crippen LogP contribution >= 0.6 is 0 Å². The first-order valence-electron chi connectivity index (χ1n) is 4.28. The van der Waals surface area contributed by atoms with E-state index in [1.54, 1.807) is 5.57 Å². The lowest BCUT2D eigenvalue weighted by Crippen LogP contribution is -1.81. The van der Waals surface area contributed by atoms with Crippen LogP contribution in [0.25, 0.3) is 0 Å². The maximum atomic E-state index is 3.81. The minimum atomic E-state index is 1.08. The van der Waals surface area contributed by atoms with Crippen molar-refractivity contribution < 1.29 is 0 Å². The van der Waals surface area contributed by atoms with E-state index in [0.717, 1.165) is 6.42 Å². The Morgan fingerprint density at radius 1 is 1.40 bits per heavy atom. The minimum Gasteiger partial charge on any atom is -0.0885 e. The lowest BCUT2D eigenvalue weighted by atomic mass is 10.1. The SMILES string of the molecule is [CH2]CCCCC(=CC)CC. The van der Waals surface area contributed by atoms with Gasteiger partial charge in [0.25, 0.3) is 0 Å². The van der Waals surface area contributed by atoms with Crippen LogP contribution in [0.2, 0.25) is 0 Å². The Morgan fingerprint density at radius 2 is 2.10 bits per heavy atom. The van der Waals surface area contributed by atoms with E-state index < -0.39 is 0 Å². The summed E-state index contributed by atoms with van der Waals surface area (Å²) in [5.74, 6) is 0. The van der Waals surface area contributed by atoms with Gasteiger partial charge >= 0.3 is 0 Å². The standard InChI is InChI=1S/C10H19/c1-4-7-8-9-10(5-2)6-3/h5H,1,4,6-9H2,2-3H3. The van der Waals surface area contributed by atoms with Gasteiger partial charge in [0.15, 0.2) is 0 Å². The molecule has 0 aliphatic carbocycles. The molecule has 0 saturated carbocycles. The smallest absolute Gasteiger partial charge is 0.0321 e. The molecule has 0 fully saturated rings. The molecule has 0 aliphatic heterocycles. The van der Waals surface area contributed by atoms with Gasteiger partial charge in [-0.15, -0.1) is 0 Å². The molecule has 10 heavy (non-hydrogen) atoms. The van der Waals surface area contributed by atoms with Crippen molar-refractivity contribution >= 4 is 0 Å². The molecule has 59 valence electrons. The molecular weight excluding hydrogens is 120 g/mol. The van der Waals surface area contributed by atoms with Crippen LogP contribution < -0.4 is 0 Å². The monoisotopic (exact) mass is 139 g/mol. The van der Waals surface area contributed by atoms with Gasteiger partial charge < -0.3 is 0 Å². The van der Waals surface area contributed by atoms with Gasteiger partial charge in [0.2, 0.25) is 0 Å². The number of hydrogen-bond acceptors (Lipinski definition) is 0. The summed E-state index contributed by atoms with van der Waals surface area (Å²) in [6, 6.07) is 0. The van der Waals surface area contributed by atoms with Crippen molar-refractivity contribution in [2.75, 3.05) is 0 Å². The zero-order valence-electron chi connectivity index (χ0n) is 7.32. The molecule has 0 rings (SSSR count). The largest absolute Gasteiger partial charge is 0.0885 e. The number of allylic oxidation sites excluding steroid dienone is 2. The molecule has 0 amide bonds. The average molecular weight is 139 g/mol. The molecule has 0 aromatic heterocycles. The van der Waals surface area contributed by atoms with Crippen LogP contribution in [-0.2, 0) is 0 Å². The van der Waals surface area contributed by atoms with Crippen molar-refractivity contribution in [1.82, 2.24) is 0 Å². The molecule has 0 saturated heterocycles. The number of unbranched alkanes of at least 4 members (excludes halogenated alkanes) is 2. The van der Waals surface area contributed by atoms with Crippen molar-refractivity contribution in [3.05, 3.63) is 18.6 Å². The van der Waals surface area contributed by atoms with E-state index in [9.17, 15) is 0 Å². The molecule has 0 unspecified atom stereocenters. The second kappa shape index (κ2) is 6.85. The topological polar surface area (TPSA) is 0 Å². The lowest BCUT2D eigenvalue weighted by Gasteiger charge is -2.01. The normalized spacial score (nSPS) is 12.1. The fourth-order valence-electron chi connectivity index (χ4n) is 1.05. The Labute approximate surface area is 65.3 Å². The van der Waals surface area contributed by atoms with Crippen LogP contribution in [0.3, 0.4) is 0 Å². The van der Waals surface area contributed by atoms with Crippen LogP contribution in [0.1, 0.15) is 46.0 Å². The van der Waals surface area contributed by atoms with Crippen LogP contribution in [-0.4, -0.2) is 0 Å². The molecule has 0 N–H and O–H groups in total. The summed E-state index contributed by atoms with van der Waals surface area (Å²) in [5.41, 5.74) is 1.59. The molecular formula is C10H19. The first-order chi connectivity index (χ1) is 4.85. The molecule has 0 nitrogen and oxygen atoms in total. The maximum absolute atomic E-state index is 3.81. The highest BCUT2D eigenvalue weighted by molar-refractivity contribution is 4.98. The van der Waals surface area contributed by atoms with Gasteiger partial charge in [-0.05, 0) is 26.2 Å². The van der Waals surface area contributed by atoms with Crippen LogP contribution in [0.15, 0.2) is 11.6 Å². The quantitative estimate of drug-likeness (QED) is 0.402. The molecule has 0 spiro atoms. The third-order valence-corrected chi connectivity index (χ3v) is 1.86. The molecule has 0 aromatic carbocycles. The van der Waals surface area contributed by atoms with E-state index in [1.807, 2.05) is 0 Å². The molecule has 0 heterocycles. The van der Waals surface area contributed by atoms with Gasteiger partial charge in [-0.25, -0.2) is 0 Å². The number of hydrogen-bond donors (Lipinski definition) is 0. The first kappa shape index (κ1) is 9.74. The van der Waals surface area contributed by atoms with Crippen molar-refractivity contribution in [2.24, 2.45) is 0 Å². The van der Waals surface area contributed by atoms with E-state index in [1.165, 1.54) is 25.7 Å². The van der Waals surface area contributed by atoms with Gasteiger partial charge in [0.05, 0.1) is 0 Å². The summed E-state index contributed by atoms with van der Waals surface area (Å²) >= 11 is 0. The first-order valence-corrected chi connectivity index (χ1v) is 4.28. The Morgan fingerprint density at radius 3 is 2.50 bits per heavy atom. The summed E-state index contributed by atoms with van der Waals surface area (Å²) in [5, 5.41) is 0. The van der Waals surface area contributed by atoms with Crippen molar-refractivity contribution in [1.29, 1.82) is 0 Å². The fraction of sp³-hybridized carbons (Fsp3) is 0.700. The minimum absolute atomic E-state index is 1.08. The second-order valence-electron chi connectivity index (χ2n) is 2.61. The van der Waals surface area contributed by atoms with Gasteiger partial charge in [-0.2, -0.15) is 0 Å². The Kier molecular flexibility index (Phi) is 6.68. The van der Waals surface area contributed by atoms with Crippen molar-refractivity contribution in [3.63, 3.8) is 0 Å². The number of rotatable bonds is 5.